The molecule has 0 fully saturated rings. The van der Waals surface area contributed by atoms with Gasteiger partial charge in [0.05, 0.1) is 7.11 Å². The van der Waals surface area contributed by atoms with E-state index in [1.807, 2.05) is 26.0 Å². The van der Waals surface area contributed by atoms with Crippen LogP contribution in [-0.4, -0.2) is 61.1 Å². The van der Waals surface area contributed by atoms with Crippen LogP contribution in [0.2, 0.25) is 0 Å². The molecule has 1 unspecified atom stereocenters. The molecule has 1 rings (SSSR count). The molecular weight excluding hydrogens is 414 g/mol. The van der Waals surface area contributed by atoms with Gasteiger partial charge in [0, 0.05) is 6.54 Å². The van der Waals surface area contributed by atoms with Crippen molar-refractivity contribution < 1.29 is 28.7 Å². The standard InChI is InChI=1S/C23H35N3O6/c1-7-8-13-26(18(27)14-25-22(30)32-23(3,4)5)20(17-11-9-16(2)10-12-17)21(29)24-15-19(28)31-6/h9-12,20H,7-8,13-15H2,1-6H3,(H,24,29)(H,25,30). The molecule has 0 spiro atoms. The monoisotopic (exact) mass is 449 g/mol. The van der Waals surface area contributed by atoms with E-state index in [1.54, 1.807) is 32.9 Å². The molecule has 178 valence electrons. The second-order valence-corrected chi connectivity index (χ2v) is 8.40. The van der Waals surface area contributed by atoms with Crippen LogP contribution < -0.4 is 10.6 Å². The Morgan fingerprint density at radius 1 is 1.03 bits per heavy atom. The van der Waals surface area contributed by atoms with E-state index in [1.165, 1.54) is 12.0 Å². The summed E-state index contributed by atoms with van der Waals surface area (Å²) in [6.07, 6.45) is 0.738. The van der Waals surface area contributed by atoms with Crippen molar-refractivity contribution in [3.63, 3.8) is 0 Å². The van der Waals surface area contributed by atoms with Gasteiger partial charge in [-0.1, -0.05) is 43.2 Å². The Kier molecular flexibility index (Phi) is 10.7. The van der Waals surface area contributed by atoms with Crippen molar-refractivity contribution in [3.8, 4) is 0 Å². The van der Waals surface area contributed by atoms with E-state index in [-0.39, 0.29) is 13.1 Å². The van der Waals surface area contributed by atoms with Crippen molar-refractivity contribution in [1.29, 1.82) is 0 Å². The molecule has 3 amide bonds. The lowest BCUT2D eigenvalue weighted by atomic mass is 10.0. The highest BCUT2D eigenvalue weighted by molar-refractivity contribution is 5.91. The van der Waals surface area contributed by atoms with Crippen LogP contribution in [-0.2, 0) is 23.9 Å². The number of aryl methyl sites for hydroxylation is 1. The molecule has 32 heavy (non-hydrogen) atoms. The molecule has 9 heteroatoms. The summed E-state index contributed by atoms with van der Waals surface area (Å²) in [5, 5.41) is 4.99. The van der Waals surface area contributed by atoms with Gasteiger partial charge in [-0.25, -0.2) is 4.79 Å². The van der Waals surface area contributed by atoms with Crippen molar-refractivity contribution in [2.75, 3.05) is 26.7 Å². The Bertz CT molecular complexity index is 786. The van der Waals surface area contributed by atoms with Crippen LogP contribution in [0.1, 0.15) is 57.7 Å². The highest BCUT2D eigenvalue weighted by Gasteiger charge is 2.31. The number of carbonyl (C=O) groups excluding carboxylic acids is 4. The van der Waals surface area contributed by atoms with E-state index >= 15 is 0 Å². The normalized spacial score (nSPS) is 11.8. The van der Waals surface area contributed by atoms with Gasteiger partial charge in [0.15, 0.2) is 0 Å². The van der Waals surface area contributed by atoms with Gasteiger partial charge in [0.2, 0.25) is 11.8 Å². The lowest BCUT2D eigenvalue weighted by molar-refractivity contribution is -0.143. The fourth-order valence-corrected chi connectivity index (χ4v) is 2.84. The van der Waals surface area contributed by atoms with Crippen LogP contribution in [0.3, 0.4) is 0 Å². The van der Waals surface area contributed by atoms with Crippen molar-refractivity contribution in [2.45, 2.75) is 59.1 Å². The summed E-state index contributed by atoms with van der Waals surface area (Å²) in [4.78, 5) is 51.1. The Morgan fingerprint density at radius 2 is 1.66 bits per heavy atom. The first-order chi connectivity index (χ1) is 15.0. The summed E-state index contributed by atoms with van der Waals surface area (Å²) in [6, 6.07) is 6.25. The second-order valence-electron chi connectivity index (χ2n) is 8.40. The van der Waals surface area contributed by atoms with E-state index in [0.717, 1.165) is 12.0 Å². The number of esters is 1. The van der Waals surface area contributed by atoms with Gasteiger partial charge in [0.25, 0.3) is 0 Å². The predicted molar refractivity (Wildman–Crippen MR) is 120 cm³/mol. The van der Waals surface area contributed by atoms with Crippen LogP contribution in [0.25, 0.3) is 0 Å². The van der Waals surface area contributed by atoms with Crippen LogP contribution >= 0.6 is 0 Å². The number of alkyl carbamates (subject to hydrolysis) is 1. The Balaban J connectivity index is 3.13. The Labute approximate surface area is 189 Å². The highest BCUT2D eigenvalue weighted by Crippen LogP contribution is 2.23. The Hall–Kier alpha value is -3.10. The number of carbonyl (C=O) groups is 4. The number of rotatable bonds is 10. The van der Waals surface area contributed by atoms with Gasteiger partial charge < -0.3 is 25.0 Å². The molecule has 1 atom stereocenters. The predicted octanol–water partition coefficient (Wildman–Crippen LogP) is 2.48. The average Bonchev–Trinajstić information content (AvgIpc) is 2.72. The molecule has 0 saturated heterocycles. The lowest BCUT2D eigenvalue weighted by Crippen LogP contribution is -2.48. The molecule has 0 bridgehead atoms. The third-order valence-corrected chi connectivity index (χ3v) is 4.44. The summed E-state index contributed by atoms with van der Waals surface area (Å²) in [5.74, 6) is -1.55. The van der Waals surface area contributed by atoms with E-state index in [4.69, 9.17) is 4.74 Å². The van der Waals surface area contributed by atoms with Gasteiger partial charge in [-0.3, -0.25) is 14.4 Å². The van der Waals surface area contributed by atoms with Crippen molar-refractivity contribution in [2.24, 2.45) is 0 Å². The first-order valence-corrected chi connectivity index (χ1v) is 10.7. The third kappa shape index (κ3) is 9.36. The fraction of sp³-hybridized carbons (Fsp3) is 0.565. The minimum atomic E-state index is -0.972. The summed E-state index contributed by atoms with van der Waals surface area (Å²) in [5.41, 5.74) is 0.896. The van der Waals surface area contributed by atoms with E-state index < -0.39 is 35.5 Å². The van der Waals surface area contributed by atoms with E-state index in [9.17, 15) is 19.2 Å². The zero-order valence-electron chi connectivity index (χ0n) is 19.8. The maximum atomic E-state index is 13.1. The SMILES string of the molecule is CCCCN(C(=O)CNC(=O)OC(C)(C)C)C(C(=O)NCC(=O)OC)c1ccc(C)cc1. The number of nitrogens with one attached hydrogen (secondary N) is 2. The number of benzene rings is 1. The molecule has 1 aromatic rings. The fourth-order valence-electron chi connectivity index (χ4n) is 2.84. The number of ether oxygens (including phenoxy) is 2. The van der Waals surface area contributed by atoms with Gasteiger partial charge in [-0.05, 0) is 39.7 Å². The average molecular weight is 450 g/mol. The molecule has 0 aromatic heterocycles. The van der Waals surface area contributed by atoms with Crippen molar-refractivity contribution in [3.05, 3.63) is 35.4 Å². The van der Waals surface area contributed by atoms with Gasteiger partial charge in [-0.15, -0.1) is 0 Å². The maximum Gasteiger partial charge on any atom is 0.408 e. The molecule has 2 N–H and O–H groups in total. The van der Waals surface area contributed by atoms with E-state index in [0.29, 0.717) is 18.5 Å². The largest absolute Gasteiger partial charge is 0.468 e. The molecule has 0 saturated carbocycles. The molecule has 0 radical (unpaired) electrons. The smallest absolute Gasteiger partial charge is 0.408 e. The van der Waals surface area contributed by atoms with Gasteiger partial charge in [0.1, 0.15) is 24.7 Å². The lowest BCUT2D eigenvalue weighted by Gasteiger charge is -2.31. The van der Waals surface area contributed by atoms with Gasteiger partial charge >= 0.3 is 12.1 Å². The third-order valence-electron chi connectivity index (χ3n) is 4.44. The topological polar surface area (TPSA) is 114 Å². The zero-order chi connectivity index (χ0) is 24.3. The van der Waals surface area contributed by atoms with Crippen LogP contribution in [0.4, 0.5) is 4.79 Å². The maximum absolute atomic E-state index is 13.1. The minimum absolute atomic E-state index is 0.301. The molecule has 9 nitrogen and oxygen atoms in total. The quantitative estimate of drug-likeness (QED) is 0.531. The molecule has 0 heterocycles. The first kappa shape index (κ1) is 26.9. The highest BCUT2D eigenvalue weighted by atomic mass is 16.6. The van der Waals surface area contributed by atoms with Crippen LogP contribution in [0.15, 0.2) is 24.3 Å². The minimum Gasteiger partial charge on any atom is -0.468 e. The molecular formula is C23H35N3O6. The number of nitrogens with zero attached hydrogens (tertiary/aromatic N) is 1. The summed E-state index contributed by atoms with van der Waals surface area (Å²) in [7, 11) is 1.23. The van der Waals surface area contributed by atoms with Crippen molar-refractivity contribution in [1.82, 2.24) is 15.5 Å². The van der Waals surface area contributed by atoms with Gasteiger partial charge in [-0.2, -0.15) is 0 Å². The molecule has 1 aromatic carbocycles. The summed E-state index contributed by atoms with van der Waals surface area (Å²) >= 11 is 0. The van der Waals surface area contributed by atoms with Crippen LogP contribution in [0.5, 0.6) is 0 Å². The summed E-state index contributed by atoms with van der Waals surface area (Å²) in [6.45, 7) is 8.72. The molecule has 0 aliphatic rings. The number of hydrogen-bond acceptors (Lipinski definition) is 6. The number of unbranched alkanes of at least 4 members (excludes halogenated alkanes) is 1. The van der Waals surface area contributed by atoms with Crippen LogP contribution in [0, 0.1) is 6.92 Å². The number of amides is 3. The first-order valence-electron chi connectivity index (χ1n) is 10.7. The second kappa shape index (κ2) is 12.7. The van der Waals surface area contributed by atoms with E-state index in [2.05, 4.69) is 15.4 Å². The zero-order valence-corrected chi connectivity index (χ0v) is 19.8. The molecule has 0 aliphatic heterocycles. The number of hydrogen-bond donors (Lipinski definition) is 2. The van der Waals surface area contributed by atoms with Crippen molar-refractivity contribution >= 4 is 23.9 Å². The summed E-state index contributed by atoms with van der Waals surface area (Å²) < 4.78 is 9.76. The number of methoxy groups -OCH3 is 1. The molecule has 0 aliphatic carbocycles. The Morgan fingerprint density at radius 3 is 2.19 bits per heavy atom.